The van der Waals surface area contributed by atoms with E-state index in [0.29, 0.717) is 5.88 Å². The van der Waals surface area contributed by atoms with Crippen LogP contribution in [0.15, 0.2) is 36.4 Å². The van der Waals surface area contributed by atoms with E-state index in [-0.39, 0.29) is 0 Å². The molecule has 0 aromatic heterocycles. The first kappa shape index (κ1) is 13.4. The summed E-state index contributed by atoms with van der Waals surface area (Å²) in [6, 6.07) is 13.3. The number of hydrogen-bond acceptors (Lipinski definition) is 0. The van der Waals surface area contributed by atoms with Gasteiger partial charge in [-0.25, -0.2) is 0 Å². The Bertz CT molecular complexity index is 538. The van der Waals surface area contributed by atoms with Crippen LogP contribution >= 0.6 is 11.6 Å². The molecule has 0 heterocycles. The van der Waals surface area contributed by atoms with Crippen LogP contribution in [0.4, 0.5) is 0 Å². The first-order chi connectivity index (χ1) is 8.61. The molecule has 94 valence electrons. The minimum atomic E-state index is -0.417. The molecule has 0 aliphatic carbocycles. The highest BCUT2D eigenvalue weighted by Gasteiger charge is 2.05. The van der Waals surface area contributed by atoms with Gasteiger partial charge in [0, 0.05) is 5.88 Å². The molecule has 2 heteroatoms. The second kappa shape index (κ2) is 5.72. The molecular formula is C16H19ClSi. The molecule has 0 amide bonds. The van der Waals surface area contributed by atoms with Crippen LogP contribution in [0.1, 0.15) is 22.3 Å². The largest absolute Gasteiger partial charge is 0.122 e. The topological polar surface area (TPSA) is 0 Å². The number of hydrogen-bond donors (Lipinski definition) is 0. The molecule has 2 aromatic rings. The van der Waals surface area contributed by atoms with Crippen LogP contribution in [0, 0.1) is 20.8 Å². The molecule has 0 saturated carbocycles. The highest BCUT2D eigenvalue weighted by molar-refractivity contribution is 6.68. The SMILES string of the molecule is Cc1cc([SiH2]c2ccccc2CCl)cc(C)c1C. The first-order valence-corrected chi connectivity index (χ1v) is 8.26. The van der Waals surface area contributed by atoms with Crippen molar-refractivity contribution in [1.29, 1.82) is 0 Å². The fraction of sp³-hybridized carbons (Fsp3) is 0.250. The third-order valence-corrected chi connectivity index (χ3v) is 5.82. The van der Waals surface area contributed by atoms with E-state index in [1.807, 2.05) is 0 Å². The van der Waals surface area contributed by atoms with Gasteiger partial charge in [-0.15, -0.1) is 11.6 Å². The van der Waals surface area contributed by atoms with Crippen molar-refractivity contribution in [1.82, 2.24) is 0 Å². The molecule has 2 rings (SSSR count). The lowest BCUT2D eigenvalue weighted by molar-refractivity contribution is 1.28. The van der Waals surface area contributed by atoms with E-state index in [1.54, 1.807) is 0 Å². The van der Waals surface area contributed by atoms with Crippen molar-refractivity contribution in [2.75, 3.05) is 0 Å². The zero-order valence-corrected chi connectivity index (χ0v) is 13.4. The molecule has 0 aliphatic rings. The molecular weight excluding hydrogens is 256 g/mol. The summed E-state index contributed by atoms with van der Waals surface area (Å²) in [4.78, 5) is 0. The van der Waals surface area contributed by atoms with Crippen molar-refractivity contribution in [3.8, 4) is 0 Å². The molecule has 18 heavy (non-hydrogen) atoms. The van der Waals surface area contributed by atoms with Gasteiger partial charge in [0.1, 0.15) is 0 Å². The van der Waals surface area contributed by atoms with Crippen molar-refractivity contribution in [3.05, 3.63) is 58.7 Å². The average molecular weight is 275 g/mol. The zero-order chi connectivity index (χ0) is 13.1. The van der Waals surface area contributed by atoms with E-state index in [1.165, 1.54) is 32.6 Å². The molecule has 0 unspecified atom stereocenters. The lowest BCUT2D eigenvalue weighted by atomic mass is 10.1. The summed E-state index contributed by atoms with van der Waals surface area (Å²) in [5.41, 5.74) is 5.52. The van der Waals surface area contributed by atoms with Gasteiger partial charge in [0.25, 0.3) is 0 Å². The van der Waals surface area contributed by atoms with Crippen molar-refractivity contribution in [2.24, 2.45) is 0 Å². The van der Waals surface area contributed by atoms with Gasteiger partial charge in [0.05, 0.1) is 9.52 Å². The number of halogens is 1. The third-order valence-electron chi connectivity index (χ3n) is 3.64. The molecule has 0 aliphatic heterocycles. The summed E-state index contributed by atoms with van der Waals surface area (Å²) < 4.78 is 0. The van der Waals surface area contributed by atoms with Crippen LogP contribution in [0.3, 0.4) is 0 Å². The highest BCUT2D eigenvalue weighted by Crippen LogP contribution is 2.09. The maximum atomic E-state index is 6.01. The van der Waals surface area contributed by atoms with E-state index < -0.39 is 9.52 Å². The first-order valence-electron chi connectivity index (χ1n) is 6.31. The fourth-order valence-corrected chi connectivity index (χ4v) is 4.71. The predicted molar refractivity (Wildman–Crippen MR) is 84.5 cm³/mol. The maximum absolute atomic E-state index is 6.01. The second-order valence-corrected chi connectivity index (χ2v) is 7.13. The van der Waals surface area contributed by atoms with Crippen molar-refractivity contribution < 1.29 is 0 Å². The third kappa shape index (κ3) is 2.85. The minimum Gasteiger partial charge on any atom is -0.122 e. The van der Waals surface area contributed by atoms with Crippen LogP contribution in [0.25, 0.3) is 0 Å². The summed E-state index contributed by atoms with van der Waals surface area (Å²) >= 11 is 6.01. The molecule has 0 fully saturated rings. The van der Waals surface area contributed by atoms with Crippen LogP contribution in [0.5, 0.6) is 0 Å². The Kier molecular flexibility index (Phi) is 4.26. The molecule has 0 spiro atoms. The smallest absolute Gasteiger partial charge is 0.0879 e. The number of rotatable bonds is 3. The number of aryl methyl sites for hydroxylation is 2. The Morgan fingerprint density at radius 1 is 1.00 bits per heavy atom. The second-order valence-electron chi connectivity index (χ2n) is 4.93. The minimum absolute atomic E-state index is 0.417. The summed E-state index contributed by atoms with van der Waals surface area (Å²) in [5.74, 6) is 0.618. The quantitative estimate of drug-likeness (QED) is 0.596. The van der Waals surface area contributed by atoms with Gasteiger partial charge in [-0.3, -0.25) is 0 Å². The van der Waals surface area contributed by atoms with Gasteiger partial charge in [0.2, 0.25) is 0 Å². The van der Waals surface area contributed by atoms with E-state index in [9.17, 15) is 0 Å². The Balaban J connectivity index is 2.34. The molecule has 2 aromatic carbocycles. The molecule has 0 radical (unpaired) electrons. The van der Waals surface area contributed by atoms with Gasteiger partial charge < -0.3 is 0 Å². The van der Waals surface area contributed by atoms with Crippen molar-refractivity contribution in [3.63, 3.8) is 0 Å². The highest BCUT2D eigenvalue weighted by atomic mass is 35.5. The summed E-state index contributed by atoms with van der Waals surface area (Å²) in [6.45, 7) is 6.60. The van der Waals surface area contributed by atoms with Crippen LogP contribution < -0.4 is 10.4 Å². The molecule has 0 nitrogen and oxygen atoms in total. The summed E-state index contributed by atoms with van der Waals surface area (Å²) in [6.07, 6.45) is 0. The van der Waals surface area contributed by atoms with Crippen molar-refractivity contribution in [2.45, 2.75) is 26.7 Å². The van der Waals surface area contributed by atoms with E-state index in [4.69, 9.17) is 11.6 Å². The predicted octanol–water partition coefficient (Wildman–Crippen LogP) is 2.47. The van der Waals surface area contributed by atoms with E-state index >= 15 is 0 Å². The van der Waals surface area contributed by atoms with E-state index in [2.05, 4.69) is 57.2 Å². The Morgan fingerprint density at radius 3 is 2.22 bits per heavy atom. The van der Waals surface area contributed by atoms with Crippen LogP contribution in [-0.2, 0) is 5.88 Å². The Hall–Kier alpha value is -1.05. The monoisotopic (exact) mass is 274 g/mol. The van der Waals surface area contributed by atoms with Gasteiger partial charge in [-0.1, -0.05) is 46.8 Å². The Morgan fingerprint density at radius 2 is 1.61 bits per heavy atom. The standard InChI is InChI=1S/C16H19ClSi/c1-11-8-15(9-12(2)13(11)3)18-16-7-5-4-6-14(16)10-17/h4-9H,10,18H2,1-3H3. The fourth-order valence-electron chi connectivity index (χ4n) is 2.31. The number of benzene rings is 2. The number of alkyl halides is 1. The average Bonchev–Trinajstić information content (AvgIpc) is 2.36. The molecule has 0 bridgehead atoms. The van der Waals surface area contributed by atoms with Gasteiger partial charge in [-0.2, -0.15) is 0 Å². The van der Waals surface area contributed by atoms with Gasteiger partial charge >= 0.3 is 0 Å². The summed E-state index contributed by atoms with van der Waals surface area (Å²) in [7, 11) is -0.417. The van der Waals surface area contributed by atoms with Gasteiger partial charge in [-0.05, 0) is 43.0 Å². The maximum Gasteiger partial charge on any atom is 0.0879 e. The summed E-state index contributed by atoms with van der Waals surface area (Å²) in [5, 5.41) is 2.98. The lowest BCUT2D eigenvalue weighted by Gasteiger charge is -2.11. The van der Waals surface area contributed by atoms with Crippen LogP contribution in [-0.4, -0.2) is 9.52 Å². The van der Waals surface area contributed by atoms with E-state index in [0.717, 1.165) is 0 Å². The lowest BCUT2D eigenvalue weighted by Crippen LogP contribution is -2.30. The Labute approximate surface area is 117 Å². The zero-order valence-electron chi connectivity index (χ0n) is 11.3. The van der Waals surface area contributed by atoms with Gasteiger partial charge in [0.15, 0.2) is 0 Å². The molecule has 0 atom stereocenters. The van der Waals surface area contributed by atoms with Crippen LogP contribution in [0.2, 0.25) is 0 Å². The normalized spacial score (nSPS) is 11.3. The molecule has 0 saturated heterocycles. The van der Waals surface area contributed by atoms with Crippen molar-refractivity contribution >= 4 is 31.5 Å². The molecule has 0 N–H and O–H groups in total.